The lowest BCUT2D eigenvalue weighted by atomic mass is 10.1. The Balaban J connectivity index is 1.46. The van der Waals surface area contributed by atoms with Crippen LogP contribution in [0.1, 0.15) is 22.3 Å². The lowest BCUT2D eigenvalue weighted by molar-refractivity contribution is 0.0952. The number of para-hydroxylation sites is 1. The van der Waals surface area contributed by atoms with Crippen molar-refractivity contribution < 1.29 is 4.79 Å². The van der Waals surface area contributed by atoms with Gasteiger partial charge in [-0.25, -0.2) is 0 Å². The molecule has 1 N–H and O–H groups in total. The molecule has 0 aromatic heterocycles. The fourth-order valence-electron chi connectivity index (χ4n) is 2.83. The summed E-state index contributed by atoms with van der Waals surface area (Å²) in [7, 11) is 2.08. The molecule has 2 aromatic rings. The smallest absolute Gasteiger partial charge is 0.251 e. The minimum atomic E-state index is 0.00887. The van der Waals surface area contributed by atoms with E-state index in [2.05, 4.69) is 34.4 Å². The van der Waals surface area contributed by atoms with Crippen LogP contribution in [0.2, 0.25) is 0 Å². The largest absolute Gasteiger partial charge is 0.375 e. The molecule has 0 aliphatic carbocycles. The second kappa shape index (κ2) is 10.4. The van der Waals surface area contributed by atoms with Crippen LogP contribution in [0.4, 0.5) is 5.69 Å². The van der Waals surface area contributed by atoms with Crippen molar-refractivity contribution in [3.63, 3.8) is 0 Å². The third-order valence-electron chi connectivity index (χ3n) is 4.32. The number of carbonyl (C=O) groups is 1. The van der Waals surface area contributed by atoms with Crippen molar-refractivity contribution in [3.05, 3.63) is 65.7 Å². The van der Waals surface area contributed by atoms with Gasteiger partial charge < -0.3 is 10.2 Å². The van der Waals surface area contributed by atoms with E-state index < -0.39 is 0 Å². The molecule has 2 aromatic carbocycles. The van der Waals surface area contributed by atoms with Gasteiger partial charge in [-0.05, 0) is 30.2 Å². The average molecular weight is 400 g/mol. The summed E-state index contributed by atoms with van der Waals surface area (Å²) in [5.74, 6) is 1.86. The highest BCUT2D eigenvalue weighted by Crippen LogP contribution is 2.26. The first-order chi connectivity index (χ1) is 13.2. The predicted octanol–water partition coefficient (Wildman–Crippen LogP) is 4.28. The summed E-state index contributed by atoms with van der Waals surface area (Å²) in [4.78, 5) is 19.3. The quantitative estimate of drug-likeness (QED) is 0.673. The van der Waals surface area contributed by atoms with Crippen LogP contribution >= 0.6 is 23.5 Å². The topological polar surface area (TPSA) is 44.7 Å². The lowest BCUT2D eigenvalue weighted by Crippen LogP contribution is -2.28. The Kier molecular flexibility index (Phi) is 7.66. The van der Waals surface area contributed by atoms with E-state index in [9.17, 15) is 4.79 Å². The van der Waals surface area contributed by atoms with Crippen molar-refractivity contribution in [1.29, 1.82) is 0 Å². The highest BCUT2D eigenvalue weighted by atomic mass is 32.2. The van der Waals surface area contributed by atoms with Crippen LogP contribution in [-0.4, -0.2) is 42.7 Å². The van der Waals surface area contributed by atoms with Gasteiger partial charge in [-0.15, -0.1) is 0 Å². The van der Waals surface area contributed by atoms with E-state index in [1.165, 1.54) is 5.69 Å². The standard InChI is InChI=1S/C21H25N3OS2/c1-24(18-9-3-2-4-10-18)14-7-12-22-20(25)19-11-6-5-8-17(19)16-27-21-23-13-15-26-21/h2-6,8-11H,7,12-16H2,1H3,(H,22,25). The molecule has 142 valence electrons. The van der Waals surface area contributed by atoms with E-state index in [0.717, 1.165) is 46.5 Å². The highest BCUT2D eigenvalue weighted by molar-refractivity contribution is 8.38. The highest BCUT2D eigenvalue weighted by Gasteiger charge is 2.13. The van der Waals surface area contributed by atoms with Gasteiger partial charge in [-0.3, -0.25) is 9.79 Å². The summed E-state index contributed by atoms with van der Waals surface area (Å²) in [5, 5.41) is 3.06. The predicted molar refractivity (Wildman–Crippen MR) is 119 cm³/mol. The van der Waals surface area contributed by atoms with E-state index in [0.29, 0.717) is 6.54 Å². The second-order valence-electron chi connectivity index (χ2n) is 6.31. The fraction of sp³-hybridized carbons (Fsp3) is 0.333. The Bertz CT molecular complexity index is 780. The number of rotatable bonds is 8. The SMILES string of the molecule is CN(CCCNC(=O)c1ccccc1CSC1=NCCS1)c1ccccc1. The maximum Gasteiger partial charge on any atom is 0.251 e. The van der Waals surface area contributed by atoms with Gasteiger partial charge in [-0.1, -0.05) is 59.9 Å². The van der Waals surface area contributed by atoms with E-state index in [1.54, 1.807) is 23.5 Å². The molecule has 6 heteroatoms. The normalized spacial score (nSPS) is 13.3. The van der Waals surface area contributed by atoms with Gasteiger partial charge >= 0.3 is 0 Å². The Labute approximate surface area is 169 Å². The average Bonchev–Trinajstić information content (AvgIpc) is 3.24. The van der Waals surface area contributed by atoms with Crippen LogP contribution < -0.4 is 10.2 Å². The number of hydrogen-bond acceptors (Lipinski definition) is 5. The van der Waals surface area contributed by atoms with Gasteiger partial charge in [0.25, 0.3) is 5.91 Å². The number of nitrogens with one attached hydrogen (secondary N) is 1. The molecule has 0 radical (unpaired) electrons. The summed E-state index contributed by atoms with van der Waals surface area (Å²) in [6.45, 7) is 2.48. The fourth-order valence-corrected chi connectivity index (χ4v) is 4.85. The van der Waals surface area contributed by atoms with Crippen molar-refractivity contribution in [1.82, 2.24) is 5.32 Å². The van der Waals surface area contributed by atoms with E-state index in [-0.39, 0.29) is 5.91 Å². The lowest BCUT2D eigenvalue weighted by Gasteiger charge is -2.19. The first-order valence-electron chi connectivity index (χ1n) is 9.16. The molecule has 1 heterocycles. The van der Waals surface area contributed by atoms with Crippen LogP contribution in [0.5, 0.6) is 0 Å². The van der Waals surface area contributed by atoms with Gasteiger partial charge in [0.15, 0.2) is 0 Å². The Morgan fingerprint density at radius 3 is 2.74 bits per heavy atom. The number of nitrogens with zero attached hydrogens (tertiary/aromatic N) is 2. The zero-order valence-electron chi connectivity index (χ0n) is 15.6. The van der Waals surface area contributed by atoms with Crippen LogP contribution in [0.25, 0.3) is 0 Å². The van der Waals surface area contributed by atoms with Crippen molar-refractivity contribution >= 4 is 39.5 Å². The maximum atomic E-state index is 12.6. The first-order valence-corrected chi connectivity index (χ1v) is 11.1. The molecule has 0 bridgehead atoms. The number of amides is 1. The molecule has 27 heavy (non-hydrogen) atoms. The molecule has 1 aliphatic heterocycles. The van der Waals surface area contributed by atoms with Gasteiger partial charge in [0, 0.05) is 42.9 Å². The summed E-state index contributed by atoms with van der Waals surface area (Å²) in [6, 6.07) is 18.1. The second-order valence-corrected chi connectivity index (χ2v) is 8.61. The summed E-state index contributed by atoms with van der Waals surface area (Å²) >= 11 is 3.53. The van der Waals surface area contributed by atoms with E-state index >= 15 is 0 Å². The van der Waals surface area contributed by atoms with Crippen molar-refractivity contribution in [2.75, 3.05) is 37.3 Å². The molecule has 0 spiro atoms. The Morgan fingerprint density at radius 1 is 1.19 bits per heavy atom. The van der Waals surface area contributed by atoms with Gasteiger partial charge in [0.1, 0.15) is 4.38 Å². The van der Waals surface area contributed by atoms with Gasteiger partial charge in [-0.2, -0.15) is 0 Å². The number of carbonyl (C=O) groups excluding carboxylic acids is 1. The van der Waals surface area contributed by atoms with Crippen LogP contribution in [0.15, 0.2) is 59.6 Å². The molecule has 1 amide bonds. The molecular formula is C21H25N3OS2. The summed E-state index contributed by atoms with van der Waals surface area (Å²) < 4.78 is 1.13. The van der Waals surface area contributed by atoms with Crippen LogP contribution in [0, 0.1) is 0 Å². The van der Waals surface area contributed by atoms with Crippen molar-refractivity contribution in [2.24, 2.45) is 4.99 Å². The number of thioether (sulfide) groups is 2. The number of benzene rings is 2. The Hall–Kier alpha value is -1.92. The zero-order valence-corrected chi connectivity index (χ0v) is 17.2. The maximum absolute atomic E-state index is 12.6. The van der Waals surface area contributed by atoms with Gasteiger partial charge in [0.05, 0.1) is 6.54 Å². The molecule has 0 fully saturated rings. The first kappa shape index (κ1) is 19.8. The summed E-state index contributed by atoms with van der Waals surface area (Å²) in [5.41, 5.74) is 3.03. The van der Waals surface area contributed by atoms with Crippen LogP contribution in [0.3, 0.4) is 0 Å². The van der Waals surface area contributed by atoms with Crippen molar-refractivity contribution in [3.8, 4) is 0 Å². The van der Waals surface area contributed by atoms with E-state index in [1.807, 2.05) is 42.5 Å². The molecule has 0 unspecified atom stereocenters. The minimum Gasteiger partial charge on any atom is -0.375 e. The zero-order chi connectivity index (χ0) is 18.9. The van der Waals surface area contributed by atoms with E-state index in [4.69, 9.17) is 0 Å². The molecule has 3 rings (SSSR count). The molecular weight excluding hydrogens is 374 g/mol. The number of hydrogen-bond donors (Lipinski definition) is 1. The van der Waals surface area contributed by atoms with Crippen molar-refractivity contribution in [2.45, 2.75) is 12.2 Å². The summed E-state index contributed by atoms with van der Waals surface area (Å²) in [6.07, 6.45) is 0.904. The minimum absolute atomic E-state index is 0.00887. The molecule has 4 nitrogen and oxygen atoms in total. The molecule has 0 saturated heterocycles. The monoisotopic (exact) mass is 399 g/mol. The third kappa shape index (κ3) is 6.04. The molecule has 0 saturated carbocycles. The Morgan fingerprint density at radius 2 is 1.96 bits per heavy atom. The van der Waals surface area contributed by atoms with Crippen LogP contribution in [-0.2, 0) is 5.75 Å². The number of aliphatic imine (C=N–C) groups is 1. The third-order valence-corrected chi connectivity index (χ3v) is 6.62. The van der Waals surface area contributed by atoms with Gasteiger partial charge in [0.2, 0.25) is 0 Å². The molecule has 1 aliphatic rings. The molecule has 0 atom stereocenters. The number of anilines is 1.